The van der Waals surface area contributed by atoms with Gasteiger partial charge in [-0.05, 0) is 132 Å². The summed E-state index contributed by atoms with van der Waals surface area (Å²) >= 11 is 0. The Hall–Kier alpha value is -10.9. The quantitative estimate of drug-likeness (QED) is 0.0961. The molecule has 6 aromatic heterocycles. The van der Waals surface area contributed by atoms with Crippen molar-refractivity contribution in [2.24, 2.45) is 0 Å². The normalized spacial score (nSPS) is 18.8. The summed E-state index contributed by atoms with van der Waals surface area (Å²) < 4.78 is 130. The molecule has 0 radical (unpaired) electrons. The van der Waals surface area contributed by atoms with E-state index in [0.29, 0.717) is 86.3 Å². The van der Waals surface area contributed by atoms with Gasteiger partial charge in [0.2, 0.25) is 5.89 Å². The van der Waals surface area contributed by atoms with E-state index in [1.54, 1.807) is 34.3 Å². The van der Waals surface area contributed by atoms with Crippen LogP contribution in [0.4, 0.5) is 57.2 Å². The number of para-hydroxylation sites is 2. The second-order valence-electron chi connectivity index (χ2n) is 23.0. The maximum atomic E-state index is 14.7. The molecule has 3 fully saturated rings. The molecule has 3 saturated heterocycles. The van der Waals surface area contributed by atoms with Crippen LogP contribution in [0.15, 0.2) is 162 Å². The SMILES string of the molecule is C[C@H]1[C@H](Nc2cnc(C(F)(F)F)cn2)CCCN1C(=O)c1ccc(F)cc1-c1ncco1.C[C@H]1[C@H](Nc2cnc(C(F)(F)F)cn2)CCCN1C(=O)c1cccc(F)c1-c1ncccn1.C[C@H]1[C@H](Nc2nc3ccccc3o2)CCCN1C(=O)c1ccc(F)cc1-c1ncccn1. The highest BCUT2D eigenvalue weighted by Crippen LogP contribution is 2.34. The monoisotopic (exact) mass is 1340 g/mol. The van der Waals surface area contributed by atoms with Gasteiger partial charge in [0.05, 0.1) is 64.8 Å². The van der Waals surface area contributed by atoms with E-state index < -0.39 is 41.2 Å². The molecule has 6 atom stereocenters. The third kappa shape index (κ3) is 15.7. The first-order valence-corrected chi connectivity index (χ1v) is 30.8. The molecule has 0 aliphatic carbocycles. The van der Waals surface area contributed by atoms with E-state index in [4.69, 9.17) is 8.83 Å². The summed E-state index contributed by atoms with van der Waals surface area (Å²) in [5.41, 5.74) is 0.767. The molecule has 502 valence electrons. The minimum absolute atomic E-state index is 0.0268. The predicted molar refractivity (Wildman–Crippen MR) is 336 cm³/mol. The van der Waals surface area contributed by atoms with Gasteiger partial charge in [-0.25, -0.2) is 58.0 Å². The van der Waals surface area contributed by atoms with Crippen LogP contribution in [-0.4, -0.2) is 138 Å². The average Bonchev–Trinajstić information content (AvgIpc) is 1.09. The van der Waals surface area contributed by atoms with Crippen molar-refractivity contribution in [2.45, 2.75) is 108 Å². The first kappa shape index (κ1) is 67.5. The predicted octanol–water partition coefficient (Wildman–Crippen LogP) is 13.1. The highest BCUT2D eigenvalue weighted by Gasteiger charge is 2.39. The van der Waals surface area contributed by atoms with Gasteiger partial charge >= 0.3 is 12.4 Å². The Bertz CT molecular complexity index is 4310. The number of halogens is 9. The summed E-state index contributed by atoms with van der Waals surface area (Å²) in [4.78, 5) is 84.9. The summed E-state index contributed by atoms with van der Waals surface area (Å²) in [5, 5.41) is 9.50. The van der Waals surface area contributed by atoms with Crippen molar-refractivity contribution < 1.29 is 62.7 Å². The lowest BCUT2D eigenvalue weighted by Crippen LogP contribution is -2.52. The van der Waals surface area contributed by atoms with Crippen LogP contribution in [-0.2, 0) is 12.4 Å². The van der Waals surface area contributed by atoms with Gasteiger partial charge in [-0.1, -0.05) is 18.2 Å². The molecule has 0 unspecified atom stereocenters. The van der Waals surface area contributed by atoms with Gasteiger partial charge in [-0.3, -0.25) is 14.4 Å². The Morgan fingerprint density at radius 3 is 1.46 bits per heavy atom. The number of rotatable bonds is 12. The molecule has 21 nitrogen and oxygen atoms in total. The number of nitrogens with zero attached hydrogens (tertiary/aromatic N) is 13. The summed E-state index contributed by atoms with van der Waals surface area (Å²) in [6.45, 7) is 7.18. The van der Waals surface area contributed by atoms with Gasteiger partial charge in [0.15, 0.2) is 28.6 Å². The number of alkyl halides is 6. The van der Waals surface area contributed by atoms with Crippen molar-refractivity contribution >= 4 is 46.5 Å². The van der Waals surface area contributed by atoms with E-state index in [1.165, 1.54) is 79.5 Å². The summed E-state index contributed by atoms with van der Waals surface area (Å²) in [5.74, 6) is -1.52. The van der Waals surface area contributed by atoms with Crippen LogP contribution in [0.3, 0.4) is 0 Å². The van der Waals surface area contributed by atoms with E-state index in [-0.39, 0.29) is 99.6 Å². The lowest BCUT2D eigenvalue weighted by atomic mass is 9.95. The zero-order valence-electron chi connectivity index (χ0n) is 52.0. The lowest BCUT2D eigenvalue weighted by Gasteiger charge is -2.40. The van der Waals surface area contributed by atoms with E-state index in [0.717, 1.165) is 30.8 Å². The number of amides is 3. The number of anilines is 3. The highest BCUT2D eigenvalue weighted by molar-refractivity contribution is 6.02. The molecule has 0 saturated carbocycles. The Kier molecular flexibility index (Phi) is 20.4. The fourth-order valence-electron chi connectivity index (χ4n) is 11.8. The Labute approximate surface area is 548 Å². The molecule has 3 aliphatic heterocycles. The van der Waals surface area contributed by atoms with Gasteiger partial charge < -0.3 is 39.5 Å². The van der Waals surface area contributed by atoms with Crippen LogP contribution in [0.25, 0.3) is 45.3 Å². The maximum Gasteiger partial charge on any atom is 0.434 e. The van der Waals surface area contributed by atoms with Gasteiger partial charge in [0.25, 0.3) is 23.7 Å². The Balaban J connectivity index is 0.000000148. The zero-order chi connectivity index (χ0) is 68.5. The highest BCUT2D eigenvalue weighted by atomic mass is 19.4. The molecule has 9 heterocycles. The fraction of sp³-hybridized carbons (Fsp3) is 0.299. The molecule has 97 heavy (non-hydrogen) atoms. The van der Waals surface area contributed by atoms with Crippen molar-refractivity contribution in [1.29, 1.82) is 0 Å². The smallest absolute Gasteiger partial charge is 0.434 e. The average molecular weight is 1340 g/mol. The number of carbonyl (C=O) groups is 3. The van der Waals surface area contributed by atoms with Crippen molar-refractivity contribution in [3.8, 4) is 34.2 Å². The number of carbonyl (C=O) groups excluding carboxylic acids is 3. The third-order valence-corrected chi connectivity index (χ3v) is 16.8. The first-order chi connectivity index (χ1) is 46.6. The third-order valence-electron chi connectivity index (χ3n) is 16.8. The second-order valence-corrected chi connectivity index (χ2v) is 23.0. The maximum absolute atomic E-state index is 14.7. The number of benzene rings is 4. The minimum atomic E-state index is -4.57. The Morgan fingerprint density at radius 2 is 0.979 bits per heavy atom. The largest absolute Gasteiger partial charge is 0.445 e. The van der Waals surface area contributed by atoms with Crippen LogP contribution in [0, 0.1) is 17.5 Å². The molecule has 3 N–H and O–H groups in total. The lowest BCUT2D eigenvalue weighted by molar-refractivity contribution is -0.142. The minimum Gasteiger partial charge on any atom is -0.445 e. The molecule has 4 aromatic carbocycles. The molecule has 3 amide bonds. The fourth-order valence-corrected chi connectivity index (χ4v) is 11.8. The molecule has 0 bridgehead atoms. The standard InChI is InChI=1S/C24H22FN5O2.C22H20F4N6O.C21H19F4N5O2/c1-15-19(28-24-29-20-6-2-3-8-21(20)32-24)7-4-13-30(15)23(31)17-10-9-16(25)14-18(17)22-26-11-5-12-27-22;1-13-16(31-18-12-29-17(11-30-18)22(24,25)26)7-3-10-32(13)21(33)14-5-2-6-15(23)19(14)20-27-8-4-9-28-20;1-12-16(29-18-11-27-17(10-28-18)21(23,24)25)3-2-7-30(12)20(31)14-5-4-13(22)9-15(14)19-26-6-8-32-19/h2-3,5-6,8-12,14-15,19H,4,7,13H2,1H3,(H,28,29);2,4-6,8-9,11-13,16H,3,7,10H2,1H3,(H,30,31);4-6,8-12,16H,2-3,7H2,1H3,(H,28,29)/t15-,19+;13-,16+;12-,16+/m000/s1. The van der Waals surface area contributed by atoms with Gasteiger partial charge in [-0.15, -0.1) is 0 Å². The van der Waals surface area contributed by atoms with E-state index in [2.05, 4.69) is 65.8 Å². The molecule has 13 rings (SSSR count). The number of fused-ring (bicyclic) bond motifs is 1. The molecular weight excluding hydrogens is 1280 g/mol. The van der Waals surface area contributed by atoms with Gasteiger partial charge in [-0.2, -0.15) is 31.3 Å². The van der Waals surface area contributed by atoms with Gasteiger partial charge in [0, 0.05) is 80.2 Å². The van der Waals surface area contributed by atoms with E-state index >= 15 is 0 Å². The van der Waals surface area contributed by atoms with E-state index in [9.17, 15) is 53.9 Å². The first-order valence-electron chi connectivity index (χ1n) is 30.8. The molecule has 0 spiro atoms. The van der Waals surface area contributed by atoms with Crippen LogP contribution in [0.1, 0.15) is 102 Å². The van der Waals surface area contributed by atoms with E-state index in [1.807, 2.05) is 49.9 Å². The zero-order valence-corrected chi connectivity index (χ0v) is 52.0. The van der Waals surface area contributed by atoms with Crippen molar-refractivity contribution in [3.05, 3.63) is 199 Å². The van der Waals surface area contributed by atoms with Crippen molar-refractivity contribution in [1.82, 2.24) is 64.5 Å². The molecule has 10 aromatic rings. The number of piperidine rings is 3. The van der Waals surface area contributed by atoms with Crippen molar-refractivity contribution in [2.75, 3.05) is 35.6 Å². The van der Waals surface area contributed by atoms with Gasteiger partial charge in [0.1, 0.15) is 40.9 Å². The summed E-state index contributed by atoms with van der Waals surface area (Å²) in [6.07, 6.45) is 7.44. The number of hydrogen-bond acceptors (Lipinski definition) is 18. The topological polar surface area (TPSA) is 252 Å². The number of oxazole rings is 2. The van der Waals surface area contributed by atoms with Crippen LogP contribution in [0.2, 0.25) is 0 Å². The summed E-state index contributed by atoms with van der Waals surface area (Å²) in [7, 11) is 0. The molecular formula is C67H61F9N16O5. The number of aromatic nitrogens is 10. The summed E-state index contributed by atoms with van der Waals surface area (Å²) in [6, 6.07) is 22.1. The molecule has 3 aliphatic rings. The molecule has 30 heteroatoms. The van der Waals surface area contributed by atoms with Crippen LogP contribution < -0.4 is 16.0 Å². The van der Waals surface area contributed by atoms with Crippen molar-refractivity contribution in [3.63, 3.8) is 0 Å². The number of nitrogens with one attached hydrogen (secondary N) is 3. The van der Waals surface area contributed by atoms with Crippen LogP contribution >= 0.6 is 0 Å². The number of hydrogen-bond donors (Lipinski definition) is 3. The second kappa shape index (κ2) is 29.4. The number of likely N-dealkylation sites (tertiary alicyclic amines) is 3. The van der Waals surface area contributed by atoms with Crippen LogP contribution in [0.5, 0.6) is 0 Å². The Morgan fingerprint density at radius 1 is 0.495 bits per heavy atom.